The standard InChI is InChI=1S/C21H18ClFN4/c1-26-12-15(8-25-26)27-10-14(11-27)13-5-6-20-17(7-13)18(9-24-20)16-3-2-4-19(23)21(16)22/h2-9,12,14,24H,10-11H2,1H3. The molecule has 4 nitrogen and oxygen atoms in total. The lowest BCUT2D eigenvalue weighted by Gasteiger charge is -2.40. The first kappa shape index (κ1) is 16.4. The molecule has 2 aromatic heterocycles. The number of nitrogens with one attached hydrogen (secondary N) is 1. The fraction of sp³-hybridized carbons (Fsp3) is 0.190. The number of halogens is 2. The van der Waals surface area contributed by atoms with Gasteiger partial charge in [0.05, 0.1) is 16.9 Å². The van der Waals surface area contributed by atoms with E-state index in [0.29, 0.717) is 11.5 Å². The molecule has 1 N–H and O–H groups in total. The second-order valence-corrected chi connectivity index (χ2v) is 7.46. The average molecular weight is 381 g/mol. The summed E-state index contributed by atoms with van der Waals surface area (Å²) in [6.45, 7) is 1.94. The number of aromatic nitrogens is 3. The van der Waals surface area contributed by atoms with Gasteiger partial charge in [-0.25, -0.2) is 4.39 Å². The molecule has 27 heavy (non-hydrogen) atoms. The van der Waals surface area contributed by atoms with Gasteiger partial charge in [-0.15, -0.1) is 0 Å². The molecular formula is C21H18ClFN4. The van der Waals surface area contributed by atoms with Crippen molar-refractivity contribution < 1.29 is 4.39 Å². The van der Waals surface area contributed by atoms with E-state index in [1.54, 1.807) is 6.07 Å². The zero-order chi connectivity index (χ0) is 18.5. The van der Waals surface area contributed by atoms with Gasteiger partial charge in [-0.2, -0.15) is 5.10 Å². The second kappa shape index (κ2) is 6.13. The molecule has 5 rings (SSSR count). The molecule has 0 unspecified atom stereocenters. The number of fused-ring (bicyclic) bond motifs is 1. The van der Waals surface area contributed by atoms with Crippen molar-refractivity contribution in [2.24, 2.45) is 7.05 Å². The quantitative estimate of drug-likeness (QED) is 0.545. The van der Waals surface area contributed by atoms with E-state index in [4.69, 9.17) is 11.6 Å². The van der Waals surface area contributed by atoms with E-state index in [9.17, 15) is 4.39 Å². The molecular weight excluding hydrogens is 363 g/mol. The minimum absolute atomic E-state index is 0.162. The Morgan fingerprint density at radius 1 is 1.19 bits per heavy atom. The Hall–Kier alpha value is -2.79. The molecule has 0 aliphatic carbocycles. The summed E-state index contributed by atoms with van der Waals surface area (Å²) < 4.78 is 15.7. The van der Waals surface area contributed by atoms with Crippen LogP contribution < -0.4 is 4.90 Å². The molecule has 1 saturated heterocycles. The maximum absolute atomic E-state index is 13.9. The minimum Gasteiger partial charge on any atom is -0.368 e. The summed E-state index contributed by atoms with van der Waals surface area (Å²) in [5, 5.41) is 5.47. The summed E-state index contributed by atoms with van der Waals surface area (Å²) in [4.78, 5) is 5.59. The van der Waals surface area contributed by atoms with Gasteiger partial charge in [0.15, 0.2) is 0 Å². The highest BCUT2D eigenvalue weighted by Gasteiger charge is 2.29. The molecule has 1 fully saturated rings. The van der Waals surface area contributed by atoms with Gasteiger partial charge in [0, 0.05) is 60.5 Å². The Balaban J connectivity index is 1.47. The van der Waals surface area contributed by atoms with Crippen molar-refractivity contribution in [3.8, 4) is 11.1 Å². The lowest BCUT2D eigenvalue weighted by molar-refractivity contribution is 0.525. The van der Waals surface area contributed by atoms with E-state index in [1.165, 1.54) is 11.6 Å². The van der Waals surface area contributed by atoms with Gasteiger partial charge in [-0.05, 0) is 23.8 Å². The molecule has 1 aliphatic heterocycles. The number of H-pyrrole nitrogens is 1. The van der Waals surface area contributed by atoms with Gasteiger partial charge in [-0.3, -0.25) is 4.68 Å². The zero-order valence-corrected chi connectivity index (χ0v) is 15.5. The number of benzene rings is 2. The largest absolute Gasteiger partial charge is 0.368 e. The smallest absolute Gasteiger partial charge is 0.142 e. The third kappa shape index (κ3) is 2.70. The van der Waals surface area contributed by atoms with Crippen molar-refractivity contribution in [2.75, 3.05) is 18.0 Å². The molecule has 3 heterocycles. The Bertz CT molecular complexity index is 1140. The van der Waals surface area contributed by atoms with E-state index < -0.39 is 5.82 Å². The van der Waals surface area contributed by atoms with Crippen LogP contribution in [0.2, 0.25) is 5.02 Å². The molecule has 0 radical (unpaired) electrons. The van der Waals surface area contributed by atoms with Gasteiger partial charge >= 0.3 is 0 Å². The number of rotatable bonds is 3. The monoisotopic (exact) mass is 380 g/mol. The van der Waals surface area contributed by atoms with Gasteiger partial charge in [0.25, 0.3) is 0 Å². The van der Waals surface area contributed by atoms with Gasteiger partial charge in [0.1, 0.15) is 5.82 Å². The fourth-order valence-electron chi connectivity index (χ4n) is 3.80. The summed E-state index contributed by atoms with van der Waals surface area (Å²) in [5.74, 6) is 0.0751. The minimum atomic E-state index is -0.397. The van der Waals surface area contributed by atoms with Crippen LogP contribution in [-0.2, 0) is 7.05 Å². The molecule has 2 aromatic carbocycles. The summed E-state index contributed by atoms with van der Waals surface area (Å²) in [6.07, 6.45) is 5.84. The molecule has 6 heteroatoms. The van der Waals surface area contributed by atoms with Crippen LogP contribution in [0.15, 0.2) is 55.0 Å². The first-order valence-electron chi connectivity index (χ1n) is 8.89. The highest BCUT2D eigenvalue weighted by Crippen LogP contribution is 2.38. The van der Waals surface area contributed by atoms with Gasteiger partial charge in [0.2, 0.25) is 0 Å². The van der Waals surface area contributed by atoms with E-state index in [2.05, 4.69) is 33.2 Å². The molecule has 0 bridgehead atoms. The zero-order valence-electron chi connectivity index (χ0n) is 14.8. The molecule has 0 amide bonds. The first-order valence-corrected chi connectivity index (χ1v) is 9.27. The van der Waals surface area contributed by atoms with Gasteiger partial charge < -0.3 is 9.88 Å². The van der Waals surface area contributed by atoms with Crippen LogP contribution in [-0.4, -0.2) is 27.9 Å². The highest BCUT2D eigenvalue weighted by atomic mass is 35.5. The number of aromatic amines is 1. The number of hydrogen-bond acceptors (Lipinski definition) is 2. The molecule has 136 valence electrons. The predicted octanol–water partition coefficient (Wildman–Crippen LogP) is 4.96. The van der Waals surface area contributed by atoms with Crippen LogP contribution >= 0.6 is 11.6 Å². The van der Waals surface area contributed by atoms with Crippen LogP contribution in [0.4, 0.5) is 10.1 Å². The lowest BCUT2D eigenvalue weighted by Crippen LogP contribution is -2.44. The summed E-state index contributed by atoms with van der Waals surface area (Å²) in [7, 11) is 1.93. The van der Waals surface area contributed by atoms with Crippen molar-refractivity contribution in [2.45, 2.75) is 5.92 Å². The Kier molecular flexibility index (Phi) is 3.72. The molecule has 1 aliphatic rings. The van der Waals surface area contributed by atoms with Crippen LogP contribution in [0.5, 0.6) is 0 Å². The van der Waals surface area contributed by atoms with Crippen molar-refractivity contribution in [3.05, 3.63) is 71.4 Å². The number of anilines is 1. The molecule has 0 atom stereocenters. The maximum atomic E-state index is 13.9. The number of nitrogens with zero attached hydrogens (tertiary/aromatic N) is 3. The van der Waals surface area contributed by atoms with Crippen LogP contribution in [0.25, 0.3) is 22.0 Å². The SMILES string of the molecule is Cn1cc(N2CC(c3ccc4[nH]cc(-c5cccc(F)c5Cl)c4c3)C2)cn1. The summed E-state index contributed by atoms with van der Waals surface area (Å²) >= 11 is 6.21. The Morgan fingerprint density at radius 2 is 2.04 bits per heavy atom. The second-order valence-electron chi connectivity index (χ2n) is 7.08. The lowest BCUT2D eigenvalue weighted by atomic mass is 9.89. The normalized spacial score (nSPS) is 14.7. The van der Waals surface area contributed by atoms with E-state index in [-0.39, 0.29) is 5.02 Å². The molecule has 0 saturated carbocycles. The summed E-state index contributed by atoms with van der Waals surface area (Å²) in [6, 6.07) is 11.4. The predicted molar refractivity (Wildman–Crippen MR) is 107 cm³/mol. The van der Waals surface area contributed by atoms with Crippen LogP contribution in [0, 0.1) is 5.82 Å². The number of hydrogen-bond donors (Lipinski definition) is 1. The van der Waals surface area contributed by atoms with E-state index >= 15 is 0 Å². The van der Waals surface area contributed by atoms with Crippen molar-refractivity contribution in [3.63, 3.8) is 0 Å². The Labute approximate surface area is 161 Å². The van der Waals surface area contributed by atoms with E-state index in [1.807, 2.05) is 36.4 Å². The maximum Gasteiger partial charge on any atom is 0.142 e. The van der Waals surface area contributed by atoms with Crippen LogP contribution in [0.3, 0.4) is 0 Å². The third-order valence-corrected chi connectivity index (χ3v) is 5.74. The van der Waals surface area contributed by atoms with Crippen molar-refractivity contribution in [1.29, 1.82) is 0 Å². The summed E-state index contributed by atoms with van der Waals surface area (Å²) in [5.41, 5.74) is 5.11. The van der Waals surface area contributed by atoms with Crippen LogP contribution in [0.1, 0.15) is 11.5 Å². The van der Waals surface area contributed by atoms with E-state index in [0.717, 1.165) is 35.2 Å². The van der Waals surface area contributed by atoms with Crippen molar-refractivity contribution >= 4 is 28.2 Å². The highest BCUT2D eigenvalue weighted by molar-refractivity contribution is 6.33. The topological polar surface area (TPSA) is 36.9 Å². The molecule has 4 aromatic rings. The van der Waals surface area contributed by atoms with Crippen molar-refractivity contribution in [1.82, 2.24) is 14.8 Å². The Morgan fingerprint density at radius 3 is 2.81 bits per heavy atom. The average Bonchev–Trinajstić information content (AvgIpc) is 3.22. The third-order valence-electron chi connectivity index (χ3n) is 5.36. The van der Waals surface area contributed by atoms with Gasteiger partial charge in [-0.1, -0.05) is 29.8 Å². The number of aryl methyl sites for hydroxylation is 1. The molecule has 0 spiro atoms. The fourth-order valence-corrected chi connectivity index (χ4v) is 4.03. The first-order chi connectivity index (χ1) is 13.1.